The monoisotopic (exact) mass is 269 g/mol. The quantitative estimate of drug-likeness (QED) is 0.599. The van der Waals surface area contributed by atoms with Crippen LogP contribution < -0.4 is 4.74 Å². The van der Waals surface area contributed by atoms with E-state index in [0.717, 1.165) is 35.4 Å². The summed E-state index contributed by atoms with van der Waals surface area (Å²) in [7, 11) is 0. The zero-order valence-electron chi connectivity index (χ0n) is 11.0. The topological polar surface area (TPSA) is 31.4 Å². The van der Waals surface area contributed by atoms with E-state index in [9.17, 15) is 0 Å². The van der Waals surface area contributed by atoms with Gasteiger partial charge in [0.05, 0.1) is 12.3 Å². The molecule has 0 N–H and O–H groups in total. The fourth-order valence-corrected chi connectivity index (χ4v) is 2.38. The van der Waals surface area contributed by atoms with E-state index in [1.807, 2.05) is 13.1 Å². The Morgan fingerprint density at radius 3 is 3.00 bits per heavy atom. The van der Waals surface area contributed by atoms with Crippen LogP contribution in [-0.2, 0) is 17.2 Å². The average Bonchev–Trinajstić information content (AvgIpc) is 2.40. The van der Waals surface area contributed by atoms with Crippen molar-refractivity contribution in [3.05, 3.63) is 23.0 Å². The van der Waals surface area contributed by atoms with E-state index in [2.05, 4.69) is 11.9 Å². The Kier molecular flexibility index (Phi) is 4.84. The fraction of sp³-hybridized carbons (Fsp3) is 0.643. The molecule has 3 nitrogen and oxygen atoms in total. The van der Waals surface area contributed by atoms with E-state index < -0.39 is 0 Å². The van der Waals surface area contributed by atoms with Gasteiger partial charge in [-0.05, 0) is 18.9 Å². The minimum absolute atomic E-state index is 0.130. The molecule has 2 heterocycles. The van der Waals surface area contributed by atoms with Crippen molar-refractivity contribution in [2.24, 2.45) is 0 Å². The Morgan fingerprint density at radius 1 is 1.44 bits per heavy atom. The molecule has 0 fully saturated rings. The van der Waals surface area contributed by atoms with Gasteiger partial charge in [0.1, 0.15) is 5.75 Å². The van der Waals surface area contributed by atoms with Crippen LogP contribution in [0.25, 0.3) is 0 Å². The van der Waals surface area contributed by atoms with E-state index in [4.69, 9.17) is 21.1 Å². The first-order valence-electron chi connectivity index (χ1n) is 6.57. The number of rotatable bonds is 5. The molecule has 0 radical (unpaired) electrons. The Balaban J connectivity index is 2.08. The van der Waals surface area contributed by atoms with Gasteiger partial charge in [-0.3, -0.25) is 4.98 Å². The lowest BCUT2D eigenvalue weighted by Gasteiger charge is -2.28. The van der Waals surface area contributed by atoms with E-state index in [1.54, 1.807) is 0 Å². The molecule has 1 unspecified atom stereocenters. The van der Waals surface area contributed by atoms with Crippen molar-refractivity contribution in [3.63, 3.8) is 0 Å². The second-order valence-electron chi connectivity index (χ2n) is 4.66. The van der Waals surface area contributed by atoms with Gasteiger partial charge in [-0.1, -0.05) is 19.8 Å². The highest BCUT2D eigenvalue weighted by Gasteiger charge is 2.24. The molecule has 0 amide bonds. The first kappa shape index (κ1) is 13.6. The van der Waals surface area contributed by atoms with Gasteiger partial charge >= 0.3 is 0 Å². The van der Waals surface area contributed by atoms with E-state index >= 15 is 0 Å². The van der Waals surface area contributed by atoms with Crippen molar-refractivity contribution in [1.82, 2.24) is 4.98 Å². The summed E-state index contributed by atoms with van der Waals surface area (Å²) in [4.78, 5) is 4.33. The second kappa shape index (κ2) is 6.39. The number of aromatic nitrogens is 1. The maximum Gasteiger partial charge on any atom is 0.200 e. The smallest absolute Gasteiger partial charge is 0.200 e. The number of aryl methyl sites for hydroxylation is 1. The van der Waals surface area contributed by atoms with Crippen LogP contribution in [0.4, 0.5) is 0 Å². The highest BCUT2D eigenvalue weighted by Crippen LogP contribution is 2.33. The van der Waals surface area contributed by atoms with Crippen LogP contribution in [0.2, 0.25) is 0 Å². The van der Waals surface area contributed by atoms with Crippen LogP contribution in [0.1, 0.15) is 49.4 Å². The summed E-state index contributed by atoms with van der Waals surface area (Å²) in [5.74, 6) is 1.32. The first-order valence-corrected chi connectivity index (χ1v) is 7.11. The molecule has 1 aliphatic heterocycles. The van der Waals surface area contributed by atoms with Gasteiger partial charge in [0.25, 0.3) is 0 Å². The molecule has 1 aromatic rings. The van der Waals surface area contributed by atoms with Crippen LogP contribution in [0.15, 0.2) is 6.20 Å². The molecule has 1 atom stereocenters. The molecule has 100 valence electrons. The lowest BCUT2D eigenvalue weighted by atomic mass is 10.1. The number of pyridine rings is 1. The van der Waals surface area contributed by atoms with Crippen LogP contribution >= 0.6 is 11.6 Å². The number of alkyl halides is 1. The molecule has 18 heavy (non-hydrogen) atoms. The number of ether oxygens (including phenoxy) is 2. The molecule has 1 aliphatic rings. The summed E-state index contributed by atoms with van der Waals surface area (Å²) in [6, 6.07) is 0. The van der Waals surface area contributed by atoms with Gasteiger partial charge in [0, 0.05) is 24.1 Å². The summed E-state index contributed by atoms with van der Waals surface area (Å²) in [6.07, 6.45) is 6.19. The van der Waals surface area contributed by atoms with Crippen molar-refractivity contribution in [1.29, 1.82) is 0 Å². The summed E-state index contributed by atoms with van der Waals surface area (Å²) < 4.78 is 11.6. The van der Waals surface area contributed by atoms with E-state index in [0.29, 0.717) is 12.5 Å². The Bertz CT molecular complexity index is 409. The molecular weight excluding hydrogens is 250 g/mol. The van der Waals surface area contributed by atoms with Gasteiger partial charge < -0.3 is 9.47 Å². The molecule has 0 saturated carbocycles. The van der Waals surface area contributed by atoms with Crippen molar-refractivity contribution in [2.45, 2.75) is 58.3 Å². The molecular formula is C14H20ClNO2. The van der Waals surface area contributed by atoms with Crippen LogP contribution in [-0.4, -0.2) is 11.3 Å². The maximum atomic E-state index is 5.91. The van der Waals surface area contributed by atoms with Crippen molar-refractivity contribution < 1.29 is 9.47 Å². The second-order valence-corrected chi connectivity index (χ2v) is 4.93. The standard InChI is InChI=1S/C14H20ClNO2/c1-3-4-5-6-13-17-9-12-11(7-15)8-16-10(2)14(12)18-13/h8,13H,3-7,9H2,1-2H3. The minimum Gasteiger partial charge on any atom is -0.463 e. The maximum absolute atomic E-state index is 5.91. The van der Waals surface area contributed by atoms with Crippen LogP contribution in [0.3, 0.4) is 0 Å². The van der Waals surface area contributed by atoms with Gasteiger partial charge in [0.2, 0.25) is 0 Å². The fourth-order valence-electron chi connectivity index (χ4n) is 2.15. The molecule has 0 saturated heterocycles. The number of unbranched alkanes of at least 4 members (excludes halogenated alkanes) is 2. The third kappa shape index (κ3) is 2.96. The SMILES string of the molecule is CCCCCC1OCc2c(CCl)cnc(C)c2O1. The van der Waals surface area contributed by atoms with E-state index in [1.165, 1.54) is 12.8 Å². The average molecular weight is 270 g/mol. The summed E-state index contributed by atoms with van der Waals surface area (Å²) in [5.41, 5.74) is 2.98. The molecule has 0 bridgehead atoms. The van der Waals surface area contributed by atoms with Gasteiger partial charge in [-0.15, -0.1) is 11.6 Å². The number of hydrogen-bond acceptors (Lipinski definition) is 3. The van der Waals surface area contributed by atoms with E-state index in [-0.39, 0.29) is 6.29 Å². The van der Waals surface area contributed by atoms with Crippen molar-refractivity contribution in [2.75, 3.05) is 0 Å². The highest BCUT2D eigenvalue weighted by atomic mass is 35.5. The molecule has 1 aromatic heterocycles. The van der Waals surface area contributed by atoms with Crippen LogP contribution in [0, 0.1) is 6.92 Å². The van der Waals surface area contributed by atoms with Gasteiger partial charge in [-0.25, -0.2) is 0 Å². The lowest BCUT2D eigenvalue weighted by Crippen LogP contribution is -2.27. The molecule has 4 heteroatoms. The Morgan fingerprint density at radius 2 is 2.28 bits per heavy atom. The van der Waals surface area contributed by atoms with Crippen molar-refractivity contribution >= 4 is 11.6 Å². The minimum atomic E-state index is -0.130. The number of nitrogens with zero attached hydrogens (tertiary/aromatic N) is 1. The normalized spacial score (nSPS) is 18.3. The van der Waals surface area contributed by atoms with Crippen molar-refractivity contribution in [3.8, 4) is 5.75 Å². The zero-order chi connectivity index (χ0) is 13.0. The molecule has 0 aliphatic carbocycles. The third-order valence-corrected chi connectivity index (χ3v) is 3.54. The third-order valence-electron chi connectivity index (χ3n) is 3.25. The Hall–Kier alpha value is -0.800. The molecule has 0 spiro atoms. The molecule has 2 rings (SSSR count). The number of fused-ring (bicyclic) bond motifs is 1. The predicted molar refractivity (Wildman–Crippen MR) is 71.9 cm³/mol. The first-order chi connectivity index (χ1) is 8.76. The summed E-state index contributed by atoms with van der Waals surface area (Å²) in [5, 5.41) is 0. The lowest BCUT2D eigenvalue weighted by molar-refractivity contribution is -0.113. The summed E-state index contributed by atoms with van der Waals surface area (Å²) in [6.45, 7) is 4.74. The zero-order valence-corrected chi connectivity index (χ0v) is 11.8. The largest absolute Gasteiger partial charge is 0.463 e. The number of hydrogen-bond donors (Lipinski definition) is 0. The highest BCUT2D eigenvalue weighted by molar-refractivity contribution is 6.17. The number of halogens is 1. The van der Waals surface area contributed by atoms with Crippen LogP contribution in [0.5, 0.6) is 5.75 Å². The molecule has 0 aromatic carbocycles. The summed E-state index contributed by atoms with van der Waals surface area (Å²) >= 11 is 5.90. The van der Waals surface area contributed by atoms with Gasteiger partial charge in [-0.2, -0.15) is 0 Å². The van der Waals surface area contributed by atoms with Gasteiger partial charge in [0.15, 0.2) is 6.29 Å². The predicted octanol–water partition coefficient (Wildman–Crippen LogP) is 3.94. The Labute approximate surface area is 113 Å².